The number of hydrogen-bond acceptors (Lipinski definition) is 4. The molecule has 0 radical (unpaired) electrons. The molecule has 1 atom stereocenters. The number of aliphatic hydroxyl groups excluding tert-OH is 1. The van der Waals surface area contributed by atoms with Gasteiger partial charge in [0.2, 0.25) is 0 Å². The van der Waals surface area contributed by atoms with Crippen LogP contribution in [-0.4, -0.2) is 33.4 Å². The normalized spacial score (nSPS) is 12.3. The van der Waals surface area contributed by atoms with E-state index in [1.165, 1.54) is 7.05 Å². The molecule has 2 N–H and O–H groups in total. The van der Waals surface area contributed by atoms with E-state index < -0.39 is 11.5 Å². The van der Waals surface area contributed by atoms with Crippen molar-refractivity contribution in [2.45, 2.75) is 26.8 Å². The molecule has 0 spiro atoms. The minimum absolute atomic E-state index is 0.0836. The SMILES string of the molecule is Cc1nn(C)c(=O)c(C(=O)N[C@@H](C)CO)c1C. The molecule has 17 heavy (non-hydrogen) atoms. The zero-order chi connectivity index (χ0) is 13.2. The predicted molar refractivity (Wildman–Crippen MR) is 63.0 cm³/mol. The van der Waals surface area contributed by atoms with Gasteiger partial charge in [-0.25, -0.2) is 4.68 Å². The van der Waals surface area contributed by atoms with Gasteiger partial charge in [0, 0.05) is 13.1 Å². The van der Waals surface area contributed by atoms with Gasteiger partial charge in [-0.05, 0) is 26.3 Å². The van der Waals surface area contributed by atoms with Gasteiger partial charge in [0.1, 0.15) is 5.56 Å². The van der Waals surface area contributed by atoms with Gasteiger partial charge in [-0.2, -0.15) is 5.10 Å². The van der Waals surface area contributed by atoms with E-state index in [1.54, 1.807) is 20.8 Å². The molecule has 1 aromatic heterocycles. The summed E-state index contributed by atoms with van der Waals surface area (Å²) in [6.45, 7) is 4.91. The summed E-state index contributed by atoms with van der Waals surface area (Å²) in [5, 5.41) is 15.4. The highest BCUT2D eigenvalue weighted by atomic mass is 16.3. The largest absolute Gasteiger partial charge is 0.394 e. The zero-order valence-electron chi connectivity index (χ0n) is 10.4. The molecule has 6 nitrogen and oxygen atoms in total. The summed E-state index contributed by atoms with van der Waals surface area (Å²) < 4.78 is 1.14. The summed E-state index contributed by atoms with van der Waals surface area (Å²) in [6, 6.07) is -0.389. The molecule has 0 saturated heterocycles. The summed E-state index contributed by atoms with van der Waals surface area (Å²) >= 11 is 0. The van der Waals surface area contributed by atoms with E-state index in [9.17, 15) is 9.59 Å². The monoisotopic (exact) mass is 239 g/mol. The van der Waals surface area contributed by atoms with Crippen molar-refractivity contribution in [2.24, 2.45) is 7.05 Å². The molecule has 6 heteroatoms. The Labute approximate surface area is 99.3 Å². The Morgan fingerprint density at radius 3 is 2.65 bits per heavy atom. The number of aromatic nitrogens is 2. The third-order valence-electron chi connectivity index (χ3n) is 2.60. The first-order valence-electron chi connectivity index (χ1n) is 5.34. The van der Waals surface area contributed by atoms with Crippen molar-refractivity contribution >= 4 is 5.91 Å². The third-order valence-corrected chi connectivity index (χ3v) is 2.60. The second-order valence-corrected chi connectivity index (χ2v) is 4.07. The first-order chi connectivity index (χ1) is 7.88. The molecule has 0 aliphatic rings. The predicted octanol–water partition coefficient (Wildman–Crippen LogP) is -0.492. The van der Waals surface area contributed by atoms with Crippen LogP contribution in [0.25, 0.3) is 0 Å². The Hall–Kier alpha value is -1.69. The first-order valence-corrected chi connectivity index (χ1v) is 5.34. The number of aliphatic hydroxyl groups is 1. The second kappa shape index (κ2) is 5.09. The van der Waals surface area contributed by atoms with Crippen molar-refractivity contribution in [1.82, 2.24) is 15.1 Å². The molecular formula is C11H17N3O3. The highest BCUT2D eigenvalue weighted by Gasteiger charge is 2.18. The number of amides is 1. The van der Waals surface area contributed by atoms with Crippen molar-refractivity contribution in [1.29, 1.82) is 0 Å². The zero-order valence-corrected chi connectivity index (χ0v) is 10.4. The number of hydrogen-bond donors (Lipinski definition) is 2. The minimum Gasteiger partial charge on any atom is -0.394 e. The maximum Gasteiger partial charge on any atom is 0.279 e. The molecule has 0 bridgehead atoms. The van der Waals surface area contributed by atoms with Crippen LogP contribution in [0.4, 0.5) is 0 Å². The Bertz CT molecular complexity index is 493. The number of carbonyl (C=O) groups excluding carboxylic acids is 1. The Morgan fingerprint density at radius 2 is 2.12 bits per heavy atom. The van der Waals surface area contributed by atoms with E-state index in [2.05, 4.69) is 10.4 Å². The molecule has 1 amide bonds. The van der Waals surface area contributed by atoms with E-state index in [1.807, 2.05) is 0 Å². The molecule has 1 rings (SSSR count). The molecule has 1 aromatic rings. The van der Waals surface area contributed by atoms with Gasteiger partial charge in [-0.15, -0.1) is 0 Å². The fraction of sp³-hybridized carbons (Fsp3) is 0.545. The molecule has 94 valence electrons. The van der Waals surface area contributed by atoms with E-state index in [-0.39, 0.29) is 18.2 Å². The lowest BCUT2D eigenvalue weighted by Gasteiger charge is -2.13. The quantitative estimate of drug-likeness (QED) is 0.745. The Balaban J connectivity index is 3.22. The van der Waals surface area contributed by atoms with Gasteiger partial charge in [-0.1, -0.05) is 0 Å². The second-order valence-electron chi connectivity index (χ2n) is 4.07. The van der Waals surface area contributed by atoms with Gasteiger partial charge in [0.15, 0.2) is 0 Å². The third kappa shape index (κ3) is 2.71. The first kappa shape index (κ1) is 13.4. The van der Waals surface area contributed by atoms with Crippen LogP contribution in [-0.2, 0) is 7.05 Å². The van der Waals surface area contributed by atoms with Gasteiger partial charge >= 0.3 is 0 Å². The average molecular weight is 239 g/mol. The van der Waals surface area contributed by atoms with Crippen LogP contribution in [0, 0.1) is 13.8 Å². The highest BCUT2D eigenvalue weighted by molar-refractivity contribution is 5.95. The van der Waals surface area contributed by atoms with Crippen LogP contribution in [0.1, 0.15) is 28.5 Å². The molecule has 1 heterocycles. The highest BCUT2D eigenvalue weighted by Crippen LogP contribution is 2.05. The van der Waals surface area contributed by atoms with Crippen LogP contribution in [0.15, 0.2) is 4.79 Å². The number of carbonyl (C=O) groups is 1. The van der Waals surface area contributed by atoms with E-state index in [0.29, 0.717) is 11.3 Å². The van der Waals surface area contributed by atoms with E-state index >= 15 is 0 Å². The van der Waals surface area contributed by atoms with Crippen molar-refractivity contribution in [3.05, 3.63) is 27.2 Å². The summed E-state index contributed by atoms with van der Waals surface area (Å²) in [6.07, 6.45) is 0. The summed E-state index contributed by atoms with van der Waals surface area (Å²) in [4.78, 5) is 23.7. The fourth-order valence-electron chi connectivity index (χ4n) is 1.46. The number of aryl methyl sites for hydroxylation is 2. The van der Waals surface area contributed by atoms with Crippen LogP contribution in [0.3, 0.4) is 0 Å². The van der Waals surface area contributed by atoms with Crippen molar-refractivity contribution in [3.8, 4) is 0 Å². The van der Waals surface area contributed by atoms with E-state index in [0.717, 1.165) is 4.68 Å². The number of rotatable bonds is 3. The van der Waals surface area contributed by atoms with Gasteiger partial charge < -0.3 is 10.4 Å². The summed E-state index contributed by atoms with van der Waals surface area (Å²) in [5.74, 6) is -0.477. The van der Waals surface area contributed by atoms with Crippen molar-refractivity contribution < 1.29 is 9.90 Å². The maximum atomic E-state index is 11.9. The molecule has 0 aliphatic carbocycles. The van der Waals surface area contributed by atoms with Crippen molar-refractivity contribution in [3.63, 3.8) is 0 Å². The van der Waals surface area contributed by atoms with Crippen LogP contribution >= 0.6 is 0 Å². The molecule has 0 saturated carbocycles. The molecule has 0 unspecified atom stereocenters. The van der Waals surface area contributed by atoms with Crippen molar-refractivity contribution in [2.75, 3.05) is 6.61 Å². The topological polar surface area (TPSA) is 84.2 Å². The minimum atomic E-state index is -0.477. The lowest BCUT2D eigenvalue weighted by Crippen LogP contribution is -2.40. The fourth-order valence-corrected chi connectivity index (χ4v) is 1.46. The van der Waals surface area contributed by atoms with Crippen LogP contribution in [0.2, 0.25) is 0 Å². The van der Waals surface area contributed by atoms with Crippen LogP contribution < -0.4 is 10.9 Å². The van der Waals surface area contributed by atoms with Gasteiger partial charge in [-0.3, -0.25) is 9.59 Å². The summed E-state index contributed by atoms with van der Waals surface area (Å²) in [7, 11) is 1.50. The van der Waals surface area contributed by atoms with Crippen LogP contribution in [0.5, 0.6) is 0 Å². The molecular weight excluding hydrogens is 222 g/mol. The molecule has 0 aliphatic heterocycles. The smallest absolute Gasteiger partial charge is 0.279 e. The van der Waals surface area contributed by atoms with Gasteiger partial charge in [0.25, 0.3) is 11.5 Å². The lowest BCUT2D eigenvalue weighted by atomic mass is 10.1. The Morgan fingerprint density at radius 1 is 1.53 bits per heavy atom. The van der Waals surface area contributed by atoms with Gasteiger partial charge in [0.05, 0.1) is 12.3 Å². The maximum absolute atomic E-state index is 11.9. The molecule has 0 fully saturated rings. The number of nitrogens with zero attached hydrogens (tertiary/aromatic N) is 2. The lowest BCUT2D eigenvalue weighted by molar-refractivity contribution is 0.0919. The average Bonchev–Trinajstić information content (AvgIpc) is 2.26. The van der Waals surface area contributed by atoms with E-state index in [4.69, 9.17) is 5.11 Å². The summed E-state index contributed by atoms with van der Waals surface area (Å²) in [5.41, 5.74) is 0.848. The standard InChI is InChI=1S/C11H17N3O3/c1-6(5-15)12-10(16)9-7(2)8(3)13-14(4)11(9)17/h6,15H,5H2,1-4H3,(H,12,16)/t6-/m0/s1. The Kier molecular flexibility index (Phi) is 4.01. The molecule has 0 aromatic carbocycles. The number of nitrogens with one attached hydrogen (secondary N) is 1.